The van der Waals surface area contributed by atoms with Gasteiger partial charge in [-0.25, -0.2) is 4.68 Å². The van der Waals surface area contributed by atoms with E-state index in [1.54, 1.807) is 12.1 Å². The molecule has 110 valence electrons. The number of carbonyl (C=O) groups is 2. The fourth-order valence-corrected chi connectivity index (χ4v) is 1.72. The van der Waals surface area contributed by atoms with Crippen molar-refractivity contribution < 1.29 is 19.4 Å². The Hall–Kier alpha value is -2.90. The quantitative estimate of drug-likeness (QED) is 0.848. The van der Waals surface area contributed by atoms with Gasteiger partial charge in [0.25, 0.3) is 5.91 Å². The maximum Gasteiger partial charge on any atom is 0.325 e. The van der Waals surface area contributed by atoms with Crippen molar-refractivity contribution in [3.05, 3.63) is 35.7 Å². The molecule has 0 aliphatic heterocycles. The zero-order chi connectivity index (χ0) is 15.4. The molecule has 0 saturated heterocycles. The van der Waals surface area contributed by atoms with Crippen LogP contribution in [0, 0.1) is 6.92 Å². The van der Waals surface area contributed by atoms with Crippen molar-refractivity contribution in [1.29, 1.82) is 0 Å². The number of carboxylic acid groups (broad SMARTS) is 1. The number of methoxy groups -OCH3 is 1. The summed E-state index contributed by atoms with van der Waals surface area (Å²) in [4.78, 5) is 22.6. The molecule has 0 aliphatic carbocycles. The van der Waals surface area contributed by atoms with Crippen LogP contribution < -0.4 is 10.1 Å². The molecule has 2 N–H and O–H groups in total. The van der Waals surface area contributed by atoms with E-state index in [4.69, 9.17) is 9.84 Å². The molecule has 2 rings (SSSR count). The van der Waals surface area contributed by atoms with E-state index >= 15 is 0 Å². The summed E-state index contributed by atoms with van der Waals surface area (Å²) in [7, 11) is 1.50. The maximum atomic E-state index is 12.1. The first kappa shape index (κ1) is 14.5. The Balaban J connectivity index is 2.16. The van der Waals surface area contributed by atoms with E-state index in [0.717, 1.165) is 10.2 Å². The summed E-state index contributed by atoms with van der Waals surface area (Å²) >= 11 is 0. The molecule has 0 saturated carbocycles. The molecule has 0 aliphatic rings. The van der Waals surface area contributed by atoms with Crippen LogP contribution in [0.4, 0.5) is 5.69 Å². The Morgan fingerprint density at radius 3 is 2.86 bits per heavy atom. The van der Waals surface area contributed by atoms with Crippen LogP contribution in [0.2, 0.25) is 0 Å². The minimum Gasteiger partial charge on any atom is -0.495 e. The topological polar surface area (TPSA) is 106 Å². The zero-order valence-electron chi connectivity index (χ0n) is 11.5. The Labute approximate surface area is 120 Å². The molecule has 21 heavy (non-hydrogen) atoms. The van der Waals surface area contributed by atoms with Crippen molar-refractivity contribution in [3.63, 3.8) is 0 Å². The number of nitrogens with zero attached hydrogens (tertiary/aromatic N) is 3. The van der Waals surface area contributed by atoms with Gasteiger partial charge in [-0.15, -0.1) is 5.10 Å². The van der Waals surface area contributed by atoms with E-state index in [0.29, 0.717) is 11.4 Å². The molecule has 1 amide bonds. The minimum atomic E-state index is -1.06. The van der Waals surface area contributed by atoms with E-state index in [1.165, 1.54) is 13.3 Å². The van der Waals surface area contributed by atoms with Gasteiger partial charge in [0.15, 0.2) is 5.69 Å². The molecule has 0 fully saturated rings. The number of carboxylic acids is 1. The molecule has 0 bridgehead atoms. The molecule has 0 atom stereocenters. The summed E-state index contributed by atoms with van der Waals surface area (Å²) in [5, 5.41) is 18.5. The van der Waals surface area contributed by atoms with Crippen molar-refractivity contribution >= 4 is 17.6 Å². The first-order valence-electron chi connectivity index (χ1n) is 6.07. The molecule has 0 spiro atoms. The number of carbonyl (C=O) groups excluding carboxylic acids is 1. The van der Waals surface area contributed by atoms with Crippen LogP contribution in [0.5, 0.6) is 5.75 Å². The number of ether oxygens (including phenoxy) is 1. The van der Waals surface area contributed by atoms with Crippen molar-refractivity contribution in [3.8, 4) is 5.75 Å². The number of benzene rings is 1. The van der Waals surface area contributed by atoms with Crippen molar-refractivity contribution in [2.24, 2.45) is 0 Å². The minimum absolute atomic E-state index is 0.0276. The van der Waals surface area contributed by atoms with E-state index in [1.807, 2.05) is 13.0 Å². The van der Waals surface area contributed by atoms with E-state index in [-0.39, 0.29) is 12.2 Å². The summed E-state index contributed by atoms with van der Waals surface area (Å²) in [6.45, 7) is 1.53. The second-order valence-electron chi connectivity index (χ2n) is 4.35. The maximum absolute atomic E-state index is 12.1. The third-order valence-corrected chi connectivity index (χ3v) is 2.67. The van der Waals surface area contributed by atoms with Crippen LogP contribution in [0.1, 0.15) is 16.1 Å². The molecule has 8 nitrogen and oxygen atoms in total. The number of nitrogens with one attached hydrogen (secondary N) is 1. The number of rotatable bonds is 5. The highest BCUT2D eigenvalue weighted by molar-refractivity contribution is 6.03. The summed E-state index contributed by atoms with van der Waals surface area (Å²) in [6.07, 6.45) is 1.27. The second-order valence-corrected chi connectivity index (χ2v) is 4.35. The average molecular weight is 290 g/mol. The van der Waals surface area contributed by atoms with Crippen LogP contribution in [-0.2, 0) is 11.3 Å². The summed E-state index contributed by atoms with van der Waals surface area (Å²) in [5.74, 6) is -1.03. The molecule has 0 radical (unpaired) electrons. The normalized spacial score (nSPS) is 10.2. The standard InChI is InChI=1S/C13H14N4O4/c1-8-3-4-11(21-2)9(5-8)14-13(20)10-6-17(16-15-10)7-12(18)19/h3-6H,7H2,1-2H3,(H,14,20)(H,18,19). The van der Waals surface area contributed by atoms with Gasteiger partial charge in [-0.1, -0.05) is 11.3 Å². The van der Waals surface area contributed by atoms with E-state index in [2.05, 4.69) is 15.6 Å². The van der Waals surface area contributed by atoms with Crippen molar-refractivity contribution in [1.82, 2.24) is 15.0 Å². The highest BCUT2D eigenvalue weighted by Crippen LogP contribution is 2.25. The fraction of sp³-hybridized carbons (Fsp3) is 0.231. The second kappa shape index (κ2) is 6.04. The van der Waals surface area contributed by atoms with Crippen LogP contribution in [0.25, 0.3) is 0 Å². The first-order valence-corrected chi connectivity index (χ1v) is 6.07. The lowest BCUT2D eigenvalue weighted by molar-refractivity contribution is -0.137. The fourth-order valence-electron chi connectivity index (χ4n) is 1.72. The lowest BCUT2D eigenvalue weighted by Crippen LogP contribution is -2.13. The lowest BCUT2D eigenvalue weighted by Gasteiger charge is -2.09. The van der Waals surface area contributed by atoms with Gasteiger partial charge in [-0.2, -0.15) is 0 Å². The van der Waals surface area contributed by atoms with Gasteiger partial charge in [-0.3, -0.25) is 9.59 Å². The summed E-state index contributed by atoms with van der Waals surface area (Å²) in [5.41, 5.74) is 1.50. The predicted molar refractivity (Wildman–Crippen MR) is 73.3 cm³/mol. The summed E-state index contributed by atoms with van der Waals surface area (Å²) < 4.78 is 6.24. The monoisotopic (exact) mass is 290 g/mol. The number of anilines is 1. The Morgan fingerprint density at radius 1 is 1.43 bits per heavy atom. The number of aryl methyl sites for hydroxylation is 1. The number of aliphatic carboxylic acids is 1. The highest BCUT2D eigenvalue weighted by Gasteiger charge is 2.14. The molecule has 2 aromatic rings. The number of aromatic nitrogens is 3. The molecule has 1 heterocycles. The van der Waals surface area contributed by atoms with Crippen molar-refractivity contribution in [2.45, 2.75) is 13.5 Å². The Kier molecular flexibility index (Phi) is 4.17. The molecular formula is C13H14N4O4. The van der Waals surface area contributed by atoms with Gasteiger partial charge in [0, 0.05) is 0 Å². The molecular weight excluding hydrogens is 276 g/mol. The van der Waals surface area contributed by atoms with Crippen LogP contribution in [0.3, 0.4) is 0 Å². The van der Waals surface area contributed by atoms with E-state index < -0.39 is 11.9 Å². The van der Waals surface area contributed by atoms with Gasteiger partial charge < -0.3 is 15.2 Å². The van der Waals surface area contributed by atoms with Crippen LogP contribution in [-0.4, -0.2) is 39.1 Å². The lowest BCUT2D eigenvalue weighted by atomic mass is 10.2. The highest BCUT2D eigenvalue weighted by atomic mass is 16.5. The van der Waals surface area contributed by atoms with Gasteiger partial charge in [-0.05, 0) is 24.6 Å². The first-order chi connectivity index (χ1) is 9.99. The Morgan fingerprint density at radius 2 is 2.19 bits per heavy atom. The predicted octanol–water partition coefficient (Wildman–Crippen LogP) is 0.932. The third-order valence-electron chi connectivity index (χ3n) is 2.67. The van der Waals surface area contributed by atoms with Crippen LogP contribution >= 0.6 is 0 Å². The largest absolute Gasteiger partial charge is 0.495 e. The van der Waals surface area contributed by atoms with Gasteiger partial charge in [0.05, 0.1) is 19.0 Å². The van der Waals surface area contributed by atoms with E-state index in [9.17, 15) is 9.59 Å². The Bertz CT molecular complexity index is 681. The van der Waals surface area contributed by atoms with Gasteiger partial charge in [0.1, 0.15) is 12.3 Å². The van der Waals surface area contributed by atoms with Gasteiger partial charge >= 0.3 is 5.97 Å². The smallest absolute Gasteiger partial charge is 0.325 e. The van der Waals surface area contributed by atoms with Crippen molar-refractivity contribution in [2.75, 3.05) is 12.4 Å². The SMILES string of the molecule is COc1ccc(C)cc1NC(=O)c1cn(CC(=O)O)nn1. The van der Waals surface area contributed by atoms with Gasteiger partial charge in [0.2, 0.25) is 0 Å². The number of hydrogen-bond donors (Lipinski definition) is 2. The molecule has 0 unspecified atom stereocenters. The average Bonchev–Trinajstić information content (AvgIpc) is 2.86. The molecule has 1 aromatic carbocycles. The zero-order valence-corrected chi connectivity index (χ0v) is 11.5. The summed E-state index contributed by atoms with van der Waals surface area (Å²) in [6, 6.07) is 5.36. The van der Waals surface area contributed by atoms with Crippen LogP contribution in [0.15, 0.2) is 24.4 Å². The third kappa shape index (κ3) is 3.56. The number of amides is 1. The molecule has 8 heteroatoms. The number of hydrogen-bond acceptors (Lipinski definition) is 5. The molecule has 1 aromatic heterocycles.